The minimum atomic E-state index is -0.995. The fourth-order valence-corrected chi connectivity index (χ4v) is 2.84. The molecule has 0 amide bonds. The summed E-state index contributed by atoms with van der Waals surface area (Å²) >= 11 is 0. The van der Waals surface area contributed by atoms with Crippen LogP contribution >= 0.6 is 0 Å². The summed E-state index contributed by atoms with van der Waals surface area (Å²) in [5.74, 6) is -0.131. The molecule has 0 fully saturated rings. The standard InChI is InChI=1S/C14H23N3O3S/c1-5-10-11(6-2)16-17-13(12(10)14(18)19)15-9(3)7-8-21(4)20/h9H,5-8H2,1-4H3,(H,15,17)(H,18,19). The molecule has 0 saturated carbocycles. The molecule has 7 heteroatoms. The van der Waals surface area contributed by atoms with Crippen LogP contribution in [-0.4, -0.2) is 43.5 Å². The van der Waals surface area contributed by atoms with Crippen LogP contribution in [0.4, 0.5) is 5.82 Å². The van der Waals surface area contributed by atoms with Crippen molar-refractivity contribution in [3.8, 4) is 0 Å². The maximum Gasteiger partial charge on any atom is 0.339 e. The van der Waals surface area contributed by atoms with Crippen LogP contribution in [0.25, 0.3) is 0 Å². The second kappa shape index (κ2) is 8.07. The molecule has 2 N–H and O–H groups in total. The normalized spacial score (nSPS) is 13.7. The number of anilines is 1. The van der Waals surface area contributed by atoms with Gasteiger partial charge in [0.1, 0.15) is 5.56 Å². The molecule has 0 radical (unpaired) electrons. The summed E-state index contributed by atoms with van der Waals surface area (Å²) in [5, 5.41) is 20.7. The van der Waals surface area contributed by atoms with Gasteiger partial charge in [-0.05, 0) is 31.7 Å². The van der Waals surface area contributed by atoms with E-state index >= 15 is 0 Å². The van der Waals surface area contributed by atoms with E-state index in [1.165, 1.54) is 0 Å². The van der Waals surface area contributed by atoms with Crippen molar-refractivity contribution in [2.24, 2.45) is 0 Å². The third-order valence-electron chi connectivity index (χ3n) is 3.28. The lowest BCUT2D eigenvalue weighted by molar-refractivity contribution is 0.0696. The van der Waals surface area contributed by atoms with Crippen LogP contribution in [0.15, 0.2) is 0 Å². The minimum absolute atomic E-state index is 0.0153. The van der Waals surface area contributed by atoms with Crippen LogP contribution in [-0.2, 0) is 23.6 Å². The van der Waals surface area contributed by atoms with Gasteiger partial charge < -0.3 is 10.4 Å². The SMILES string of the molecule is CCc1nnc(NC(C)CCS(C)=O)c(C(=O)O)c1CC. The zero-order valence-corrected chi connectivity index (χ0v) is 13.8. The highest BCUT2D eigenvalue weighted by molar-refractivity contribution is 7.84. The lowest BCUT2D eigenvalue weighted by Crippen LogP contribution is -2.22. The Bertz CT molecular complexity index is 534. The third-order valence-corrected chi connectivity index (χ3v) is 4.09. The first-order valence-corrected chi connectivity index (χ1v) is 8.81. The van der Waals surface area contributed by atoms with E-state index in [0.717, 1.165) is 11.3 Å². The molecule has 2 atom stereocenters. The zero-order chi connectivity index (χ0) is 16.0. The molecule has 1 rings (SSSR count). The Balaban J connectivity index is 3.06. The van der Waals surface area contributed by atoms with Crippen LogP contribution in [0, 0.1) is 0 Å². The van der Waals surface area contributed by atoms with E-state index in [-0.39, 0.29) is 11.6 Å². The van der Waals surface area contributed by atoms with Gasteiger partial charge in [-0.3, -0.25) is 4.21 Å². The number of carbonyl (C=O) groups is 1. The van der Waals surface area contributed by atoms with Crippen molar-refractivity contribution in [3.63, 3.8) is 0 Å². The number of hydrogen-bond acceptors (Lipinski definition) is 5. The fraction of sp³-hybridized carbons (Fsp3) is 0.643. The first kappa shape index (κ1) is 17.6. The Labute approximate surface area is 127 Å². The summed E-state index contributed by atoms with van der Waals surface area (Å²) in [7, 11) is -0.862. The van der Waals surface area contributed by atoms with Crippen molar-refractivity contribution in [2.45, 2.75) is 46.1 Å². The smallest absolute Gasteiger partial charge is 0.339 e. The Morgan fingerprint density at radius 3 is 2.48 bits per heavy atom. The van der Waals surface area contributed by atoms with Gasteiger partial charge in [0, 0.05) is 28.9 Å². The molecule has 2 unspecified atom stereocenters. The van der Waals surface area contributed by atoms with Gasteiger partial charge >= 0.3 is 5.97 Å². The molecule has 0 aliphatic heterocycles. The van der Waals surface area contributed by atoms with Crippen molar-refractivity contribution >= 4 is 22.6 Å². The molecule has 1 heterocycles. The first-order valence-electron chi connectivity index (χ1n) is 7.08. The number of carboxylic acid groups (broad SMARTS) is 1. The van der Waals surface area contributed by atoms with E-state index in [4.69, 9.17) is 0 Å². The number of rotatable bonds is 8. The quantitative estimate of drug-likeness (QED) is 0.761. The average Bonchev–Trinajstić information content (AvgIpc) is 2.44. The van der Waals surface area contributed by atoms with Gasteiger partial charge in [0.2, 0.25) is 0 Å². The molecule has 0 bridgehead atoms. The zero-order valence-electron chi connectivity index (χ0n) is 13.0. The molecule has 6 nitrogen and oxygen atoms in total. The first-order chi connectivity index (χ1) is 9.90. The molecule has 0 saturated heterocycles. The second-order valence-corrected chi connectivity index (χ2v) is 6.53. The Kier molecular flexibility index (Phi) is 6.74. The van der Waals surface area contributed by atoms with E-state index < -0.39 is 16.8 Å². The maximum atomic E-state index is 11.6. The number of aryl methyl sites for hydroxylation is 1. The number of carboxylic acids is 1. The molecule has 118 valence electrons. The number of nitrogens with one attached hydrogen (secondary N) is 1. The van der Waals surface area contributed by atoms with E-state index in [9.17, 15) is 14.1 Å². The van der Waals surface area contributed by atoms with Gasteiger partial charge in [0.15, 0.2) is 5.82 Å². The predicted octanol–water partition coefficient (Wildman–Crippen LogP) is 1.87. The van der Waals surface area contributed by atoms with Crippen LogP contribution < -0.4 is 5.32 Å². The highest BCUT2D eigenvalue weighted by atomic mass is 32.2. The minimum Gasteiger partial charge on any atom is -0.478 e. The molecule has 0 spiro atoms. The number of aromatic carboxylic acids is 1. The van der Waals surface area contributed by atoms with Crippen LogP contribution in [0.5, 0.6) is 0 Å². The molecule has 0 aromatic carbocycles. The lowest BCUT2D eigenvalue weighted by Gasteiger charge is -2.17. The summed E-state index contributed by atoms with van der Waals surface area (Å²) < 4.78 is 11.1. The van der Waals surface area contributed by atoms with Gasteiger partial charge in [-0.2, -0.15) is 5.10 Å². The molecule has 21 heavy (non-hydrogen) atoms. The Hall–Kier alpha value is -1.50. The van der Waals surface area contributed by atoms with Crippen molar-refractivity contribution < 1.29 is 14.1 Å². The summed E-state index contributed by atoms with van der Waals surface area (Å²) in [6, 6.07) is -0.0153. The van der Waals surface area contributed by atoms with Crippen LogP contribution in [0.3, 0.4) is 0 Å². The highest BCUT2D eigenvalue weighted by Crippen LogP contribution is 2.22. The third kappa shape index (κ3) is 4.77. The van der Waals surface area contributed by atoms with Gasteiger partial charge in [0.25, 0.3) is 0 Å². The summed E-state index contributed by atoms with van der Waals surface area (Å²) in [4.78, 5) is 11.6. The van der Waals surface area contributed by atoms with Crippen LogP contribution in [0.1, 0.15) is 48.8 Å². The highest BCUT2D eigenvalue weighted by Gasteiger charge is 2.21. The summed E-state index contributed by atoms with van der Waals surface area (Å²) in [6.45, 7) is 5.76. The van der Waals surface area contributed by atoms with E-state index in [0.29, 0.717) is 30.8 Å². The van der Waals surface area contributed by atoms with Gasteiger partial charge in [-0.1, -0.05) is 13.8 Å². The van der Waals surface area contributed by atoms with Crippen molar-refractivity contribution in [2.75, 3.05) is 17.3 Å². The predicted molar refractivity (Wildman–Crippen MR) is 84.4 cm³/mol. The molecular formula is C14H23N3O3S. The molecule has 1 aromatic rings. The average molecular weight is 313 g/mol. The molecule has 0 aliphatic carbocycles. The van der Waals surface area contributed by atoms with Crippen molar-refractivity contribution in [1.82, 2.24) is 10.2 Å². The molecular weight excluding hydrogens is 290 g/mol. The Morgan fingerprint density at radius 1 is 1.33 bits per heavy atom. The van der Waals surface area contributed by atoms with Gasteiger partial charge in [-0.15, -0.1) is 5.10 Å². The largest absolute Gasteiger partial charge is 0.478 e. The van der Waals surface area contributed by atoms with Crippen molar-refractivity contribution in [3.05, 3.63) is 16.8 Å². The second-order valence-electron chi connectivity index (χ2n) is 4.97. The monoisotopic (exact) mass is 313 g/mol. The summed E-state index contributed by atoms with van der Waals surface area (Å²) in [6.07, 6.45) is 3.59. The van der Waals surface area contributed by atoms with E-state index in [2.05, 4.69) is 15.5 Å². The van der Waals surface area contributed by atoms with Crippen molar-refractivity contribution in [1.29, 1.82) is 0 Å². The Morgan fingerprint density at radius 2 is 2.00 bits per heavy atom. The van der Waals surface area contributed by atoms with Gasteiger partial charge in [-0.25, -0.2) is 4.79 Å². The number of nitrogens with zero attached hydrogens (tertiary/aromatic N) is 2. The fourth-order valence-electron chi connectivity index (χ4n) is 2.15. The molecule has 0 aliphatic rings. The molecule has 1 aromatic heterocycles. The lowest BCUT2D eigenvalue weighted by atomic mass is 10.0. The maximum absolute atomic E-state index is 11.6. The number of aromatic nitrogens is 2. The van der Waals surface area contributed by atoms with E-state index in [1.807, 2.05) is 20.8 Å². The van der Waals surface area contributed by atoms with Gasteiger partial charge in [0.05, 0.1) is 5.69 Å². The number of hydrogen-bond donors (Lipinski definition) is 2. The topological polar surface area (TPSA) is 92.2 Å². The summed E-state index contributed by atoms with van der Waals surface area (Å²) in [5.41, 5.74) is 1.66. The van der Waals surface area contributed by atoms with Crippen LogP contribution in [0.2, 0.25) is 0 Å². The van der Waals surface area contributed by atoms with E-state index in [1.54, 1.807) is 6.26 Å².